The van der Waals surface area contributed by atoms with E-state index in [0.717, 1.165) is 17.5 Å². The summed E-state index contributed by atoms with van der Waals surface area (Å²) in [6.45, 7) is 1.03. The van der Waals surface area contributed by atoms with E-state index in [1.54, 1.807) is 11.8 Å². The molecule has 0 atom stereocenters. The third kappa shape index (κ3) is 2.55. The Hall–Kier alpha value is -0.480. The Kier molecular flexibility index (Phi) is 3.45. The van der Waals surface area contributed by atoms with Gasteiger partial charge in [-0.15, -0.1) is 0 Å². The van der Waals surface area contributed by atoms with Gasteiger partial charge in [0.25, 0.3) is 0 Å². The Bertz CT molecular complexity index is 209. The minimum absolute atomic E-state index is 1.03. The second-order valence-electron chi connectivity index (χ2n) is 2.27. The number of imidazole rings is 1. The van der Waals surface area contributed by atoms with Crippen LogP contribution in [0.1, 0.15) is 0 Å². The molecule has 0 bridgehead atoms. The highest BCUT2D eigenvalue weighted by Gasteiger charge is 1.97. The zero-order chi connectivity index (χ0) is 8.10. The smallest absolute Gasteiger partial charge is 0.167 e. The Morgan fingerprint density at radius 1 is 1.73 bits per heavy atom. The van der Waals surface area contributed by atoms with Crippen molar-refractivity contribution in [3.05, 3.63) is 12.4 Å². The van der Waals surface area contributed by atoms with Gasteiger partial charge in [-0.25, -0.2) is 4.98 Å². The van der Waals surface area contributed by atoms with Gasteiger partial charge in [-0.05, 0) is 7.05 Å². The maximum Gasteiger partial charge on any atom is 0.167 e. The van der Waals surface area contributed by atoms with Crippen molar-refractivity contribution in [1.82, 2.24) is 14.9 Å². The first kappa shape index (κ1) is 8.62. The number of hydrogen-bond acceptors (Lipinski definition) is 3. The lowest BCUT2D eigenvalue weighted by atomic mass is 10.8. The molecule has 0 fully saturated rings. The Morgan fingerprint density at radius 3 is 3.09 bits per heavy atom. The maximum atomic E-state index is 4.19. The normalized spacial score (nSPS) is 10.4. The van der Waals surface area contributed by atoms with Gasteiger partial charge in [0.05, 0.1) is 0 Å². The molecule has 0 aliphatic carbocycles. The van der Waals surface area contributed by atoms with Crippen LogP contribution in [0.2, 0.25) is 0 Å². The molecule has 0 aliphatic rings. The van der Waals surface area contributed by atoms with E-state index in [9.17, 15) is 0 Å². The van der Waals surface area contributed by atoms with Crippen molar-refractivity contribution in [3.63, 3.8) is 0 Å². The van der Waals surface area contributed by atoms with Crippen molar-refractivity contribution in [2.45, 2.75) is 5.16 Å². The first-order valence-electron chi connectivity index (χ1n) is 3.59. The van der Waals surface area contributed by atoms with E-state index < -0.39 is 0 Å². The van der Waals surface area contributed by atoms with E-state index in [2.05, 4.69) is 10.3 Å². The largest absolute Gasteiger partial charge is 0.329 e. The molecule has 0 amide bonds. The first-order chi connectivity index (χ1) is 5.34. The minimum atomic E-state index is 1.03. The second-order valence-corrected chi connectivity index (χ2v) is 3.33. The summed E-state index contributed by atoms with van der Waals surface area (Å²) in [5.74, 6) is 1.07. The molecule has 1 N–H and O–H groups in total. The van der Waals surface area contributed by atoms with E-state index in [0.29, 0.717) is 0 Å². The number of hydrogen-bond donors (Lipinski definition) is 1. The summed E-state index contributed by atoms with van der Waals surface area (Å²) in [4.78, 5) is 4.19. The van der Waals surface area contributed by atoms with E-state index in [1.807, 2.05) is 31.1 Å². The van der Waals surface area contributed by atoms with Gasteiger partial charge in [0.2, 0.25) is 0 Å². The van der Waals surface area contributed by atoms with Crippen LogP contribution in [0.4, 0.5) is 0 Å². The Labute approximate surface area is 71.2 Å². The number of aromatic nitrogens is 2. The highest BCUT2D eigenvalue weighted by Crippen LogP contribution is 2.12. The van der Waals surface area contributed by atoms with Gasteiger partial charge >= 0.3 is 0 Å². The van der Waals surface area contributed by atoms with Crippen molar-refractivity contribution < 1.29 is 0 Å². The summed E-state index contributed by atoms with van der Waals surface area (Å²) >= 11 is 1.77. The van der Waals surface area contributed by atoms with Crippen molar-refractivity contribution in [2.24, 2.45) is 7.05 Å². The summed E-state index contributed by atoms with van der Waals surface area (Å²) in [6, 6.07) is 0. The van der Waals surface area contributed by atoms with Crippen LogP contribution in [-0.4, -0.2) is 28.9 Å². The molecule has 11 heavy (non-hydrogen) atoms. The van der Waals surface area contributed by atoms with Gasteiger partial charge in [-0.1, -0.05) is 11.8 Å². The molecule has 1 aromatic rings. The molecule has 0 aromatic carbocycles. The molecule has 4 heteroatoms. The molecule has 0 unspecified atom stereocenters. The molecule has 3 nitrogen and oxygen atoms in total. The summed E-state index contributed by atoms with van der Waals surface area (Å²) in [5, 5.41) is 4.18. The molecule has 0 aliphatic heterocycles. The van der Waals surface area contributed by atoms with Crippen molar-refractivity contribution in [2.75, 3.05) is 19.3 Å². The van der Waals surface area contributed by atoms with Gasteiger partial charge in [0, 0.05) is 31.7 Å². The Balaban J connectivity index is 2.32. The Morgan fingerprint density at radius 2 is 2.55 bits per heavy atom. The first-order valence-corrected chi connectivity index (χ1v) is 4.58. The van der Waals surface area contributed by atoms with Gasteiger partial charge < -0.3 is 9.88 Å². The molecule has 1 aromatic heterocycles. The van der Waals surface area contributed by atoms with E-state index in [1.165, 1.54) is 0 Å². The third-order valence-corrected chi connectivity index (χ3v) is 2.42. The zero-order valence-corrected chi connectivity index (χ0v) is 7.69. The summed E-state index contributed by atoms with van der Waals surface area (Å²) < 4.78 is 2.03. The highest BCUT2D eigenvalue weighted by molar-refractivity contribution is 7.99. The van der Waals surface area contributed by atoms with Crippen LogP contribution < -0.4 is 5.32 Å². The summed E-state index contributed by atoms with van der Waals surface area (Å²) in [6.07, 6.45) is 3.78. The van der Waals surface area contributed by atoms with Crippen LogP contribution in [0.5, 0.6) is 0 Å². The predicted molar refractivity (Wildman–Crippen MR) is 47.9 cm³/mol. The number of nitrogens with one attached hydrogen (secondary N) is 1. The second kappa shape index (κ2) is 4.41. The maximum absolute atomic E-state index is 4.19. The van der Waals surface area contributed by atoms with E-state index >= 15 is 0 Å². The lowest BCUT2D eigenvalue weighted by Crippen LogP contribution is -2.10. The number of aryl methyl sites for hydroxylation is 1. The van der Waals surface area contributed by atoms with Gasteiger partial charge in [-0.3, -0.25) is 0 Å². The summed E-state index contributed by atoms with van der Waals surface area (Å²) in [5.41, 5.74) is 0. The topological polar surface area (TPSA) is 29.9 Å². The SMILES string of the molecule is CNCCSc1nccn1C. The molecular weight excluding hydrogens is 158 g/mol. The van der Waals surface area contributed by atoms with Gasteiger partial charge in [0.1, 0.15) is 0 Å². The average molecular weight is 171 g/mol. The molecule has 0 spiro atoms. The van der Waals surface area contributed by atoms with Crippen LogP contribution in [0.15, 0.2) is 17.6 Å². The monoisotopic (exact) mass is 171 g/mol. The fourth-order valence-electron chi connectivity index (χ4n) is 0.735. The van der Waals surface area contributed by atoms with Crippen LogP contribution in [-0.2, 0) is 7.05 Å². The van der Waals surface area contributed by atoms with Crippen LogP contribution >= 0.6 is 11.8 Å². The van der Waals surface area contributed by atoms with Gasteiger partial charge in [0.15, 0.2) is 5.16 Å². The molecule has 0 saturated carbocycles. The van der Waals surface area contributed by atoms with Crippen LogP contribution in [0.25, 0.3) is 0 Å². The zero-order valence-electron chi connectivity index (χ0n) is 6.87. The standard InChI is InChI=1S/C7H13N3S/c1-8-4-6-11-7-9-3-5-10(7)2/h3,5,8H,4,6H2,1-2H3. The number of rotatable bonds is 4. The molecule has 0 radical (unpaired) electrons. The van der Waals surface area contributed by atoms with Crippen molar-refractivity contribution >= 4 is 11.8 Å². The van der Waals surface area contributed by atoms with Gasteiger partial charge in [-0.2, -0.15) is 0 Å². The average Bonchev–Trinajstić information content (AvgIpc) is 2.37. The third-order valence-electron chi connectivity index (χ3n) is 1.36. The van der Waals surface area contributed by atoms with E-state index in [4.69, 9.17) is 0 Å². The fraction of sp³-hybridized carbons (Fsp3) is 0.571. The lowest BCUT2D eigenvalue weighted by Gasteiger charge is -1.99. The number of nitrogens with zero attached hydrogens (tertiary/aromatic N) is 2. The van der Waals surface area contributed by atoms with Crippen LogP contribution in [0.3, 0.4) is 0 Å². The van der Waals surface area contributed by atoms with Crippen molar-refractivity contribution in [1.29, 1.82) is 0 Å². The molecule has 62 valence electrons. The quantitative estimate of drug-likeness (QED) is 0.535. The highest BCUT2D eigenvalue weighted by atomic mass is 32.2. The number of thioether (sulfide) groups is 1. The molecule has 0 saturated heterocycles. The summed E-state index contributed by atoms with van der Waals surface area (Å²) in [7, 11) is 3.97. The minimum Gasteiger partial charge on any atom is -0.329 e. The van der Waals surface area contributed by atoms with E-state index in [-0.39, 0.29) is 0 Å². The van der Waals surface area contributed by atoms with Crippen LogP contribution in [0, 0.1) is 0 Å². The molecule has 1 rings (SSSR count). The van der Waals surface area contributed by atoms with Crippen molar-refractivity contribution in [3.8, 4) is 0 Å². The lowest BCUT2D eigenvalue weighted by molar-refractivity contribution is 0.786. The molecular formula is C7H13N3S. The predicted octanol–water partition coefficient (Wildman–Crippen LogP) is 0.732. The molecule has 1 heterocycles. The fourth-order valence-corrected chi connectivity index (χ4v) is 1.62.